The van der Waals surface area contributed by atoms with Crippen LogP contribution < -0.4 is 39.0 Å². The van der Waals surface area contributed by atoms with Gasteiger partial charge >= 0.3 is 30.8 Å². The summed E-state index contributed by atoms with van der Waals surface area (Å²) in [6.45, 7) is 13.5. The van der Waals surface area contributed by atoms with Crippen LogP contribution in [0.2, 0.25) is 0 Å². The number of amides is 2. The molecule has 70 heavy (non-hydrogen) atoms. The number of benzene rings is 2. The molecule has 2 amide bonds. The minimum atomic E-state index is -0.879. The van der Waals surface area contributed by atoms with Gasteiger partial charge in [-0.3, -0.25) is 39.0 Å². The first kappa shape index (κ1) is 55.7. The van der Waals surface area contributed by atoms with Gasteiger partial charge in [0.25, 0.3) is 0 Å². The molecule has 0 radical (unpaired) electrons. The zero-order valence-corrected chi connectivity index (χ0v) is 42.7. The summed E-state index contributed by atoms with van der Waals surface area (Å²) in [5.74, 6) is -0.130. The Morgan fingerprint density at radius 3 is 1.51 bits per heavy atom. The summed E-state index contributed by atoms with van der Waals surface area (Å²) >= 11 is 3.01. The number of aromatic nitrogens is 2. The Balaban J connectivity index is 0.000000254. The molecular formula is C50H61LiN8O9S2. The van der Waals surface area contributed by atoms with Gasteiger partial charge in [0.05, 0.1) is 56.4 Å². The second-order valence-corrected chi connectivity index (χ2v) is 20.0. The molecule has 4 aliphatic rings. The van der Waals surface area contributed by atoms with Crippen LogP contribution in [-0.2, 0) is 37.0 Å². The molecule has 0 bridgehead atoms. The Morgan fingerprint density at radius 1 is 0.700 bits per heavy atom. The maximum absolute atomic E-state index is 13.4. The molecule has 4 aliphatic heterocycles. The zero-order chi connectivity index (χ0) is 48.6. The van der Waals surface area contributed by atoms with Crippen LogP contribution in [0, 0.1) is 0 Å². The number of thioether (sulfide) groups is 2. The Labute approximate surface area is 429 Å². The SMILES string of the molecule is CCOC(=O)CN1CC[C@@](SC)(C(=O)Nc2ccc3c(c2)C(c2ccc(OC(C)C)nc2)=NC3)C1.CS[C@@]1(C(=O)Nc2ccc3c(c2)C(c2ccc(OC(C)C)nc2)=NC3)CCN(CC(=O)O)C1.[Li+].[OH-]. The maximum Gasteiger partial charge on any atom is 1.00 e. The Bertz CT molecular complexity index is 2570. The van der Waals surface area contributed by atoms with Gasteiger partial charge in [-0.1, -0.05) is 12.1 Å². The van der Waals surface area contributed by atoms with E-state index >= 15 is 0 Å². The quantitative estimate of drug-likeness (QED) is 0.102. The average molecular weight is 989 g/mol. The van der Waals surface area contributed by atoms with Crippen molar-refractivity contribution in [2.45, 2.75) is 82.3 Å². The number of hydrogen-bond acceptors (Lipinski definition) is 16. The fourth-order valence-electron chi connectivity index (χ4n) is 8.63. The second kappa shape index (κ2) is 24.7. The molecule has 17 nitrogen and oxygen atoms in total. The molecule has 2 saturated heterocycles. The molecule has 8 rings (SSSR count). The van der Waals surface area contributed by atoms with Gasteiger partial charge in [-0.25, -0.2) is 9.97 Å². The second-order valence-electron chi connectivity index (χ2n) is 17.6. The van der Waals surface area contributed by atoms with Gasteiger partial charge in [0, 0.05) is 84.3 Å². The van der Waals surface area contributed by atoms with E-state index in [1.165, 1.54) is 23.5 Å². The number of carbonyl (C=O) groups is 4. The number of hydrogen-bond donors (Lipinski definition) is 3. The topological polar surface area (TPSA) is 227 Å². The van der Waals surface area contributed by atoms with E-state index in [4.69, 9.17) is 24.3 Å². The normalized spacial score (nSPS) is 19.1. The summed E-state index contributed by atoms with van der Waals surface area (Å²) in [7, 11) is 0. The number of aliphatic imine (C=N–C) groups is 2. The molecule has 2 fully saturated rings. The minimum Gasteiger partial charge on any atom is -0.870 e. The number of likely N-dealkylation sites (tertiary alicyclic amines) is 2. The predicted molar refractivity (Wildman–Crippen MR) is 270 cm³/mol. The molecular weight excluding hydrogens is 928 g/mol. The Kier molecular flexibility index (Phi) is 19.7. The van der Waals surface area contributed by atoms with E-state index in [0.717, 1.165) is 50.5 Å². The van der Waals surface area contributed by atoms with E-state index in [2.05, 4.69) is 25.6 Å². The minimum absolute atomic E-state index is 0. The standard InChI is InChI=1S/C26H32N4O4S.C24H28N4O4S.Li.H2O/c1-5-33-23(31)15-30-11-10-26(16-30,35-4)25(32)29-20-8-6-18-13-28-24(21(18)12-20)19-7-9-22(27-14-19)34-17(2)3;1-15(2)32-20-7-5-17(12-25-20)22-19-10-18(6-4-16(19)11-26-22)27-23(31)24(33-3)8-9-28(14-24)13-21(29)30;;/h6-9,12,14,17H,5,10-11,13,15-16H2,1-4H3,(H,29,32);4-7,10,12,15H,8-9,11,13-14H2,1-3H3,(H,27,31)(H,29,30);;1H2/q;;+1;/p-1/t26-;24-;;/m00../s1. The summed E-state index contributed by atoms with van der Waals surface area (Å²) in [5, 5.41) is 15.3. The van der Waals surface area contributed by atoms with Gasteiger partial charge in [0.2, 0.25) is 23.6 Å². The van der Waals surface area contributed by atoms with Gasteiger partial charge < -0.3 is 35.4 Å². The van der Waals surface area contributed by atoms with Crippen molar-refractivity contribution < 1.29 is 62.8 Å². The van der Waals surface area contributed by atoms with Crippen molar-refractivity contribution in [1.29, 1.82) is 0 Å². The third-order valence-electron chi connectivity index (χ3n) is 12.0. The number of esters is 1. The monoisotopic (exact) mass is 988 g/mol. The molecule has 0 saturated carbocycles. The first-order valence-electron chi connectivity index (χ1n) is 22.8. The molecule has 4 aromatic rings. The molecule has 6 heterocycles. The van der Waals surface area contributed by atoms with Crippen molar-refractivity contribution in [2.24, 2.45) is 9.98 Å². The third-order valence-corrected chi connectivity index (χ3v) is 14.6. The Hall–Kier alpha value is -5.26. The van der Waals surface area contributed by atoms with Crippen molar-refractivity contribution in [2.75, 3.05) is 69.0 Å². The Morgan fingerprint density at radius 2 is 1.14 bits per heavy atom. The fourth-order valence-corrected chi connectivity index (χ4v) is 10.3. The molecule has 2 atom stereocenters. The number of nitrogens with one attached hydrogen (secondary N) is 2. The summed E-state index contributed by atoms with van der Waals surface area (Å²) in [4.78, 5) is 71.5. The first-order valence-corrected chi connectivity index (χ1v) is 25.2. The van der Waals surface area contributed by atoms with Gasteiger partial charge in [-0.2, -0.15) is 0 Å². The smallest absolute Gasteiger partial charge is 0.870 e. The number of carboxylic acids is 1. The van der Waals surface area contributed by atoms with Crippen molar-refractivity contribution in [1.82, 2.24) is 19.8 Å². The number of carbonyl (C=O) groups excluding carboxylic acids is 3. The van der Waals surface area contributed by atoms with Crippen LogP contribution in [-0.4, -0.2) is 146 Å². The van der Waals surface area contributed by atoms with E-state index in [1.54, 1.807) is 19.3 Å². The van der Waals surface area contributed by atoms with E-state index in [0.29, 0.717) is 76.2 Å². The number of carboxylic acid groups (broad SMARTS) is 1. The van der Waals surface area contributed by atoms with Crippen LogP contribution in [0.1, 0.15) is 80.8 Å². The number of fused-ring (bicyclic) bond motifs is 2. The first-order chi connectivity index (χ1) is 32.6. The van der Waals surface area contributed by atoms with Crippen LogP contribution in [0.15, 0.2) is 83.0 Å². The number of aliphatic carboxylic acids is 1. The van der Waals surface area contributed by atoms with Crippen molar-refractivity contribution in [3.63, 3.8) is 0 Å². The summed E-state index contributed by atoms with van der Waals surface area (Å²) in [6, 6.07) is 19.4. The molecule has 20 heteroatoms. The number of pyridine rings is 2. The van der Waals surface area contributed by atoms with E-state index in [-0.39, 0.29) is 67.4 Å². The molecule has 4 N–H and O–H groups in total. The van der Waals surface area contributed by atoms with Crippen LogP contribution in [0.3, 0.4) is 0 Å². The average Bonchev–Trinajstić information content (AvgIpc) is 4.12. The molecule has 0 unspecified atom stereocenters. The third kappa shape index (κ3) is 13.4. The summed E-state index contributed by atoms with van der Waals surface area (Å²) < 4.78 is 15.1. The van der Waals surface area contributed by atoms with Crippen molar-refractivity contribution in [3.8, 4) is 11.8 Å². The number of rotatable bonds is 17. The molecule has 2 aromatic heterocycles. The van der Waals surface area contributed by atoms with Crippen LogP contribution >= 0.6 is 23.5 Å². The van der Waals surface area contributed by atoms with Gasteiger partial charge in [0.15, 0.2) is 0 Å². The number of nitrogens with zero attached hydrogens (tertiary/aromatic N) is 6. The summed E-state index contributed by atoms with van der Waals surface area (Å²) in [6.07, 6.45) is 8.78. The van der Waals surface area contributed by atoms with Gasteiger partial charge in [-0.05, 0) is 107 Å². The van der Waals surface area contributed by atoms with Crippen LogP contribution in [0.5, 0.6) is 11.8 Å². The van der Waals surface area contributed by atoms with Gasteiger partial charge in [0.1, 0.15) is 9.49 Å². The predicted octanol–water partition coefficient (Wildman–Crippen LogP) is 3.41. The molecule has 0 aliphatic carbocycles. The van der Waals surface area contributed by atoms with Crippen molar-refractivity contribution >= 4 is 70.1 Å². The largest absolute Gasteiger partial charge is 1.00 e. The molecule has 2 aromatic carbocycles. The summed E-state index contributed by atoms with van der Waals surface area (Å²) in [5.41, 5.74) is 9.13. The number of anilines is 2. The number of ether oxygens (including phenoxy) is 3. The van der Waals surface area contributed by atoms with E-state index in [1.807, 2.05) is 111 Å². The van der Waals surface area contributed by atoms with Gasteiger partial charge in [-0.15, -0.1) is 23.5 Å². The zero-order valence-electron chi connectivity index (χ0n) is 41.1. The van der Waals surface area contributed by atoms with E-state index in [9.17, 15) is 19.2 Å². The molecule has 368 valence electrons. The van der Waals surface area contributed by atoms with Crippen molar-refractivity contribution in [3.05, 3.63) is 106 Å². The maximum atomic E-state index is 13.4. The van der Waals surface area contributed by atoms with E-state index < -0.39 is 15.5 Å². The molecule has 0 spiro atoms. The fraction of sp³-hybridized carbons (Fsp3) is 0.440. The van der Waals surface area contributed by atoms with Crippen LogP contribution in [0.25, 0.3) is 0 Å². The van der Waals surface area contributed by atoms with Crippen LogP contribution in [0.4, 0.5) is 11.4 Å².